The molecule has 0 aromatic rings. The average molecular weight is 147 g/mol. The minimum absolute atomic E-state index is 0.186. The van der Waals surface area contributed by atoms with E-state index in [4.69, 9.17) is 5.11 Å². The van der Waals surface area contributed by atoms with Crippen LogP contribution >= 0.6 is 0 Å². The number of hydrogen-bond donors (Lipinski definition) is 2. The molecule has 1 heterocycles. The number of piperidine rings is 1. The van der Waals surface area contributed by atoms with Crippen LogP contribution in [-0.4, -0.2) is 31.0 Å². The molecule has 1 atom stereocenters. The second-order valence-corrected chi connectivity index (χ2v) is 2.81. The number of hydrogen-bond acceptors (Lipinski definition) is 2. The summed E-state index contributed by atoms with van der Waals surface area (Å²) in [6.45, 7) is 1.24. The lowest BCUT2D eigenvalue weighted by molar-refractivity contribution is 0.0652. The first-order chi connectivity index (χ1) is 4.84. The molecule has 2 nitrogen and oxygen atoms in total. The molecule has 0 aromatic carbocycles. The van der Waals surface area contributed by atoms with E-state index in [0.717, 1.165) is 25.9 Å². The summed E-state index contributed by atoms with van der Waals surface area (Å²) in [5.74, 6) is 0.186. The van der Waals surface area contributed by atoms with Crippen LogP contribution in [-0.2, 0) is 0 Å². The highest BCUT2D eigenvalue weighted by Crippen LogP contribution is 2.16. The molecule has 10 heavy (non-hydrogen) atoms. The number of aliphatic hydroxyl groups excluding tert-OH is 1. The molecule has 0 aliphatic carbocycles. The lowest BCUT2D eigenvalue weighted by atomic mass is 9.93. The van der Waals surface area contributed by atoms with E-state index < -0.39 is 12.8 Å². The highest BCUT2D eigenvalue weighted by Gasteiger charge is 2.20. The zero-order valence-electron chi connectivity index (χ0n) is 6.02. The SMILES string of the molecule is OC(CF)C1CCNCC1. The lowest BCUT2D eigenvalue weighted by Crippen LogP contribution is -2.34. The zero-order chi connectivity index (χ0) is 7.40. The third kappa shape index (κ3) is 1.92. The van der Waals surface area contributed by atoms with Crippen LogP contribution in [0.3, 0.4) is 0 Å². The molecule has 1 fully saturated rings. The quantitative estimate of drug-likeness (QED) is 0.589. The van der Waals surface area contributed by atoms with Crippen molar-refractivity contribution in [2.45, 2.75) is 18.9 Å². The minimum Gasteiger partial charge on any atom is -0.390 e. The summed E-state index contributed by atoms with van der Waals surface area (Å²) in [4.78, 5) is 0. The number of rotatable bonds is 2. The molecule has 1 rings (SSSR count). The standard InChI is InChI=1S/C7H14FNO/c8-5-7(10)6-1-3-9-4-2-6/h6-7,9-10H,1-5H2. The van der Waals surface area contributed by atoms with Gasteiger partial charge in [-0.3, -0.25) is 0 Å². The van der Waals surface area contributed by atoms with Crippen LogP contribution in [0.25, 0.3) is 0 Å². The van der Waals surface area contributed by atoms with Crippen molar-refractivity contribution < 1.29 is 9.50 Å². The lowest BCUT2D eigenvalue weighted by Gasteiger charge is -2.25. The first kappa shape index (κ1) is 7.95. The van der Waals surface area contributed by atoms with Gasteiger partial charge in [-0.1, -0.05) is 0 Å². The van der Waals surface area contributed by atoms with E-state index in [1.54, 1.807) is 0 Å². The van der Waals surface area contributed by atoms with Gasteiger partial charge in [0.25, 0.3) is 0 Å². The third-order valence-electron chi connectivity index (χ3n) is 2.09. The summed E-state index contributed by atoms with van der Waals surface area (Å²) in [6, 6.07) is 0. The van der Waals surface area contributed by atoms with Crippen molar-refractivity contribution in [1.29, 1.82) is 0 Å². The van der Waals surface area contributed by atoms with E-state index >= 15 is 0 Å². The molecule has 1 aliphatic rings. The summed E-state index contributed by atoms with van der Waals surface area (Å²) in [7, 11) is 0. The summed E-state index contributed by atoms with van der Waals surface area (Å²) < 4.78 is 11.9. The Morgan fingerprint density at radius 1 is 1.50 bits per heavy atom. The van der Waals surface area contributed by atoms with E-state index in [0.29, 0.717) is 0 Å². The van der Waals surface area contributed by atoms with Crippen molar-refractivity contribution in [3.63, 3.8) is 0 Å². The molecule has 0 bridgehead atoms. The van der Waals surface area contributed by atoms with Crippen LogP contribution in [0.4, 0.5) is 4.39 Å². The number of aliphatic hydroxyl groups is 1. The van der Waals surface area contributed by atoms with Gasteiger partial charge in [0.15, 0.2) is 0 Å². The van der Waals surface area contributed by atoms with Crippen LogP contribution in [0.5, 0.6) is 0 Å². The molecule has 1 unspecified atom stereocenters. The molecule has 0 spiro atoms. The molecule has 0 amide bonds. The maximum absolute atomic E-state index is 11.9. The second-order valence-electron chi connectivity index (χ2n) is 2.81. The maximum Gasteiger partial charge on any atom is 0.116 e. The Hall–Kier alpha value is -0.150. The first-order valence-electron chi connectivity index (χ1n) is 3.79. The molecule has 0 radical (unpaired) electrons. The fourth-order valence-corrected chi connectivity index (χ4v) is 1.36. The van der Waals surface area contributed by atoms with Crippen LogP contribution in [0.2, 0.25) is 0 Å². The number of alkyl halides is 1. The Kier molecular flexibility index (Phi) is 3.09. The van der Waals surface area contributed by atoms with Crippen LogP contribution in [0, 0.1) is 5.92 Å². The summed E-state index contributed by atoms with van der Waals surface area (Å²) in [5, 5.41) is 12.2. The Morgan fingerprint density at radius 3 is 2.60 bits per heavy atom. The monoisotopic (exact) mass is 147 g/mol. The third-order valence-corrected chi connectivity index (χ3v) is 2.09. The van der Waals surface area contributed by atoms with Crippen LogP contribution < -0.4 is 5.32 Å². The molecule has 3 heteroatoms. The van der Waals surface area contributed by atoms with E-state index in [-0.39, 0.29) is 5.92 Å². The van der Waals surface area contributed by atoms with Gasteiger partial charge in [-0.15, -0.1) is 0 Å². The fourth-order valence-electron chi connectivity index (χ4n) is 1.36. The Balaban J connectivity index is 2.24. The van der Waals surface area contributed by atoms with Crippen molar-refractivity contribution in [2.75, 3.05) is 19.8 Å². The van der Waals surface area contributed by atoms with Gasteiger partial charge < -0.3 is 10.4 Å². The summed E-state index contributed by atoms with van der Waals surface area (Å²) >= 11 is 0. The van der Waals surface area contributed by atoms with Gasteiger partial charge >= 0.3 is 0 Å². The van der Waals surface area contributed by atoms with Gasteiger partial charge in [-0.25, -0.2) is 4.39 Å². The predicted octanol–water partition coefficient (Wildman–Crippen LogP) is 0.316. The topological polar surface area (TPSA) is 32.3 Å². The molecular weight excluding hydrogens is 133 g/mol. The molecular formula is C7H14FNO. The molecule has 60 valence electrons. The Morgan fingerprint density at radius 2 is 2.10 bits per heavy atom. The summed E-state index contributed by atoms with van der Waals surface area (Å²) in [6.07, 6.45) is 1.10. The van der Waals surface area contributed by atoms with Crippen molar-refractivity contribution in [3.05, 3.63) is 0 Å². The molecule has 2 N–H and O–H groups in total. The van der Waals surface area contributed by atoms with Crippen molar-refractivity contribution >= 4 is 0 Å². The van der Waals surface area contributed by atoms with Gasteiger partial charge in [-0.2, -0.15) is 0 Å². The average Bonchev–Trinajstić information content (AvgIpc) is 2.05. The number of nitrogens with one attached hydrogen (secondary N) is 1. The van der Waals surface area contributed by atoms with Gasteiger partial charge in [-0.05, 0) is 31.8 Å². The number of halogens is 1. The zero-order valence-corrected chi connectivity index (χ0v) is 6.02. The predicted molar refractivity (Wildman–Crippen MR) is 37.6 cm³/mol. The van der Waals surface area contributed by atoms with E-state index in [1.165, 1.54) is 0 Å². The fraction of sp³-hybridized carbons (Fsp3) is 1.00. The van der Waals surface area contributed by atoms with Crippen molar-refractivity contribution in [2.24, 2.45) is 5.92 Å². The van der Waals surface area contributed by atoms with E-state index in [9.17, 15) is 4.39 Å². The van der Waals surface area contributed by atoms with Crippen molar-refractivity contribution in [1.82, 2.24) is 5.32 Å². The van der Waals surface area contributed by atoms with Gasteiger partial charge in [0.1, 0.15) is 6.67 Å². The largest absolute Gasteiger partial charge is 0.390 e. The second kappa shape index (κ2) is 3.88. The maximum atomic E-state index is 11.9. The molecule has 1 aliphatic heterocycles. The van der Waals surface area contributed by atoms with Gasteiger partial charge in [0, 0.05) is 0 Å². The molecule has 0 aromatic heterocycles. The van der Waals surface area contributed by atoms with Crippen molar-refractivity contribution in [3.8, 4) is 0 Å². The first-order valence-corrected chi connectivity index (χ1v) is 3.79. The molecule has 1 saturated heterocycles. The Bertz CT molecular complexity index is 93.6. The van der Waals surface area contributed by atoms with Gasteiger partial charge in [0.2, 0.25) is 0 Å². The van der Waals surface area contributed by atoms with Crippen LogP contribution in [0.1, 0.15) is 12.8 Å². The minimum atomic E-state index is -0.720. The highest BCUT2D eigenvalue weighted by molar-refractivity contribution is 4.74. The smallest absolute Gasteiger partial charge is 0.116 e. The van der Waals surface area contributed by atoms with Crippen LogP contribution in [0.15, 0.2) is 0 Å². The van der Waals surface area contributed by atoms with Gasteiger partial charge in [0.05, 0.1) is 6.10 Å². The molecule has 0 saturated carbocycles. The Labute approximate surface area is 60.4 Å². The van der Waals surface area contributed by atoms with E-state index in [1.807, 2.05) is 0 Å². The highest BCUT2D eigenvalue weighted by atomic mass is 19.1. The summed E-state index contributed by atoms with van der Waals surface area (Å²) in [5.41, 5.74) is 0. The van der Waals surface area contributed by atoms with E-state index in [2.05, 4.69) is 5.32 Å². The normalized spacial score (nSPS) is 24.6.